The Morgan fingerprint density at radius 3 is 2.08 bits per heavy atom. The molecule has 0 aromatic heterocycles. The van der Waals surface area contributed by atoms with E-state index in [4.69, 9.17) is 0 Å². The molecule has 26 heavy (non-hydrogen) atoms. The number of aliphatic hydroxyl groups is 1. The summed E-state index contributed by atoms with van der Waals surface area (Å²) >= 11 is 0. The number of hydrogen-bond donors (Lipinski definition) is 3. The molecule has 0 radical (unpaired) electrons. The number of aliphatic hydroxyl groups excluding tert-OH is 1. The van der Waals surface area contributed by atoms with Gasteiger partial charge in [0, 0.05) is 25.4 Å². The third kappa shape index (κ3) is 5.97. The molecular weight excluding hydrogens is 324 g/mol. The van der Waals surface area contributed by atoms with Crippen LogP contribution in [0.3, 0.4) is 0 Å². The number of hydrogen-bond acceptors (Lipinski definition) is 3. The predicted octanol–water partition coefficient (Wildman–Crippen LogP) is 2.69. The number of rotatable bonds is 10. The van der Waals surface area contributed by atoms with E-state index < -0.39 is 6.10 Å². The molecule has 0 spiro atoms. The van der Waals surface area contributed by atoms with Gasteiger partial charge in [-0.2, -0.15) is 0 Å². The molecule has 0 aliphatic heterocycles. The van der Waals surface area contributed by atoms with Gasteiger partial charge in [0.1, 0.15) is 0 Å². The van der Waals surface area contributed by atoms with Gasteiger partial charge in [-0.05, 0) is 36.4 Å². The highest BCUT2D eigenvalue weighted by Gasteiger charge is 2.21. The van der Waals surface area contributed by atoms with Crippen LogP contribution in [-0.2, 0) is 4.79 Å². The van der Waals surface area contributed by atoms with Gasteiger partial charge in [-0.1, -0.05) is 60.7 Å². The molecule has 4 heteroatoms. The Kier molecular flexibility index (Phi) is 6.81. The molecule has 1 saturated carbocycles. The van der Waals surface area contributed by atoms with Gasteiger partial charge >= 0.3 is 0 Å². The van der Waals surface area contributed by atoms with Gasteiger partial charge in [-0.25, -0.2) is 0 Å². The molecule has 4 nitrogen and oxygen atoms in total. The topological polar surface area (TPSA) is 61.4 Å². The minimum atomic E-state index is -0.551. The highest BCUT2D eigenvalue weighted by atomic mass is 16.3. The lowest BCUT2D eigenvalue weighted by Crippen LogP contribution is -2.39. The van der Waals surface area contributed by atoms with Gasteiger partial charge in [0.25, 0.3) is 0 Å². The van der Waals surface area contributed by atoms with Crippen molar-refractivity contribution in [2.45, 2.75) is 31.3 Å². The van der Waals surface area contributed by atoms with E-state index >= 15 is 0 Å². The fraction of sp³-hybridized carbons (Fsp3) is 0.409. The smallest absolute Gasteiger partial charge is 0.221 e. The molecule has 2 aromatic carbocycles. The summed E-state index contributed by atoms with van der Waals surface area (Å²) in [6.45, 7) is 1.78. The summed E-state index contributed by atoms with van der Waals surface area (Å²) < 4.78 is 0. The van der Waals surface area contributed by atoms with Crippen LogP contribution >= 0.6 is 0 Å². The van der Waals surface area contributed by atoms with Crippen LogP contribution in [0.25, 0.3) is 0 Å². The predicted molar refractivity (Wildman–Crippen MR) is 104 cm³/mol. The van der Waals surface area contributed by atoms with Gasteiger partial charge in [0.05, 0.1) is 6.10 Å². The first-order valence-corrected chi connectivity index (χ1v) is 9.47. The zero-order chi connectivity index (χ0) is 18.2. The van der Waals surface area contributed by atoms with E-state index in [1.807, 2.05) is 36.4 Å². The molecule has 3 rings (SSSR count). The molecular formula is C22H28N2O2. The van der Waals surface area contributed by atoms with Gasteiger partial charge in [0.15, 0.2) is 0 Å². The zero-order valence-corrected chi connectivity index (χ0v) is 15.1. The van der Waals surface area contributed by atoms with E-state index in [1.54, 1.807) is 0 Å². The molecule has 3 N–H and O–H groups in total. The van der Waals surface area contributed by atoms with Crippen molar-refractivity contribution in [2.75, 3.05) is 19.6 Å². The van der Waals surface area contributed by atoms with E-state index in [1.165, 1.54) is 12.8 Å². The molecule has 1 unspecified atom stereocenters. The summed E-state index contributed by atoms with van der Waals surface area (Å²) in [6.07, 6.45) is 2.40. The first-order chi connectivity index (χ1) is 12.7. The maximum absolute atomic E-state index is 12.5. The quantitative estimate of drug-likeness (QED) is 0.616. The summed E-state index contributed by atoms with van der Waals surface area (Å²) in [7, 11) is 0. The van der Waals surface area contributed by atoms with Crippen LogP contribution in [0.2, 0.25) is 0 Å². The van der Waals surface area contributed by atoms with E-state index in [0.717, 1.165) is 23.6 Å². The molecule has 138 valence electrons. The fourth-order valence-electron chi connectivity index (χ4n) is 3.14. The van der Waals surface area contributed by atoms with Crippen LogP contribution in [0.1, 0.15) is 36.3 Å². The second-order valence-electron chi connectivity index (χ2n) is 7.14. The van der Waals surface area contributed by atoms with Crippen molar-refractivity contribution in [3.05, 3.63) is 71.8 Å². The summed E-state index contributed by atoms with van der Waals surface area (Å²) in [5.41, 5.74) is 2.25. The summed E-state index contributed by atoms with van der Waals surface area (Å²) in [4.78, 5) is 12.5. The lowest BCUT2D eigenvalue weighted by Gasteiger charge is -2.19. The third-order valence-electron chi connectivity index (χ3n) is 4.84. The minimum absolute atomic E-state index is 0.0162. The molecule has 1 aliphatic rings. The lowest BCUT2D eigenvalue weighted by molar-refractivity contribution is -0.121. The average Bonchev–Trinajstić information content (AvgIpc) is 3.50. The Bertz CT molecular complexity index is 632. The Morgan fingerprint density at radius 1 is 0.962 bits per heavy atom. The van der Waals surface area contributed by atoms with Crippen LogP contribution in [0.4, 0.5) is 0 Å². The van der Waals surface area contributed by atoms with Crippen LogP contribution < -0.4 is 10.6 Å². The number of carbonyl (C=O) groups excluding carboxylic acids is 1. The maximum atomic E-state index is 12.5. The second-order valence-corrected chi connectivity index (χ2v) is 7.14. The van der Waals surface area contributed by atoms with Crippen molar-refractivity contribution >= 4 is 5.91 Å². The monoisotopic (exact) mass is 352 g/mol. The summed E-state index contributed by atoms with van der Waals surface area (Å²) in [5.74, 6) is 0.765. The molecule has 1 fully saturated rings. The number of benzene rings is 2. The molecule has 0 saturated heterocycles. The summed E-state index contributed by atoms with van der Waals surface area (Å²) in [6, 6.07) is 20.2. The van der Waals surface area contributed by atoms with Crippen molar-refractivity contribution in [1.29, 1.82) is 0 Å². The Morgan fingerprint density at radius 2 is 1.54 bits per heavy atom. The largest absolute Gasteiger partial charge is 0.390 e. The second kappa shape index (κ2) is 9.51. The van der Waals surface area contributed by atoms with E-state index in [0.29, 0.717) is 13.0 Å². The van der Waals surface area contributed by atoms with Gasteiger partial charge < -0.3 is 15.7 Å². The highest BCUT2D eigenvalue weighted by Crippen LogP contribution is 2.28. The molecule has 0 heterocycles. The van der Waals surface area contributed by atoms with E-state index in [-0.39, 0.29) is 18.4 Å². The van der Waals surface area contributed by atoms with Gasteiger partial charge in [-0.15, -0.1) is 0 Å². The van der Waals surface area contributed by atoms with Crippen LogP contribution in [-0.4, -0.2) is 36.8 Å². The molecule has 1 atom stereocenters. The summed E-state index contributed by atoms with van der Waals surface area (Å²) in [5, 5.41) is 16.2. The number of carbonyl (C=O) groups is 1. The van der Waals surface area contributed by atoms with Gasteiger partial charge in [0.2, 0.25) is 5.91 Å². The third-order valence-corrected chi connectivity index (χ3v) is 4.84. The highest BCUT2D eigenvalue weighted by molar-refractivity contribution is 5.77. The minimum Gasteiger partial charge on any atom is -0.390 e. The average molecular weight is 352 g/mol. The van der Waals surface area contributed by atoms with Crippen LogP contribution in [0, 0.1) is 5.92 Å². The van der Waals surface area contributed by atoms with E-state index in [2.05, 4.69) is 34.9 Å². The lowest BCUT2D eigenvalue weighted by atomic mass is 9.88. The SMILES string of the molecule is O=C(CC(c1ccccc1)c1ccccc1)NCC(O)CNCC1CC1. The van der Waals surface area contributed by atoms with Crippen molar-refractivity contribution in [3.63, 3.8) is 0 Å². The zero-order valence-electron chi connectivity index (χ0n) is 15.1. The molecule has 0 bridgehead atoms. The molecule has 1 amide bonds. The van der Waals surface area contributed by atoms with Crippen molar-refractivity contribution in [2.24, 2.45) is 5.92 Å². The van der Waals surface area contributed by atoms with Crippen LogP contribution in [0.5, 0.6) is 0 Å². The molecule has 2 aromatic rings. The molecule has 1 aliphatic carbocycles. The Labute approximate surface area is 155 Å². The van der Waals surface area contributed by atoms with Crippen molar-refractivity contribution in [1.82, 2.24) is 10.6 Å². The number of nitrogens with one attached hydrogen (secondary N) is 2. The fourth-order valence-corrected chi connectivity index (χ4v) is 3.14. The van der Waals surface area contributed by atoms with E-state index in [9.17, 15) is 9.90 Å². The maximum Gasteiger partial charge on any atom is 0.221 e. The normalized spacial score (nSPS) is 15.0. The van der Waals surface area contributed by atoms with Crippen molar-refractivity contribution < 1.29 is 9.90 Å². The Hall–Kier alpha value is -2.17. The first kappa shape index (κ1) is 18.6. The number of amides is 1. The van der Waals surface area contributed by atoms with Crippen molar-refractivity contribution in [3.8, 4) is 0 Å². The van der Waals surface area contributed by atoms with Gasteiger partial charge in [-0.3, -0.25) is 4.79 Å². The standard InChI is InChI=1S/C22H28N2O2/c25-20(15-23-14-17-11-12-17)16-24-22(26)13-21(18-7-3-1-4-8-18)19-9-5-2-6-10-19/h1-10,17,20-21,23,25H,11-16H2,(H,24,26). The van der Waals surface area contributed by atoms with Crippen LogP contribution in [0.15, 0.2) is 60.7 Å². The first-order valence-electron chi connectivity index (χ1n) is 9.47. The Balaban J connectivity index is 1.52.